The van der Waals surface area contributed by atoms with E-state index in [0.29, 0.717) is 0 Å². The lowest BCUT2D eigenvalue weighted by Gasteiger charge is -2.36. The lowest BCUT2D eigenvalue weighted by molar-refractivity contribution is 0.251. The topological polar surface area (TPSA) is 12.0 Å². The van der Waals surface area contributed by atoms with Crippen molar-refractivity contribution in [2.24, 2.45) is 0 Å². The third kappa shape index (κ3) is 2.99. The molecule has 0 atom stereocenters. The molecule has 0 radical (unpaired) electrons. The van der Waals surface area contributed by atoms with Crippen LogP contribution in [0.15, 0.2) is 24.3 Å². The van der Waals surface area contributed by atoms with Gasteiger partial charge in [-0.05, 0) is 44.7 Å². The third-order valence-electron chi connectivity index (χ3n) is 3.29. The van der Waals surface area contributed by atoms with Crippen molar-refractivity contribution in [1.29, 1.82) is 0 Å². The Hall–Kier alpha value is -0.530. The van der Waals surface area contributed by atoms with E-state index in [1.54, 1.807) is 0 Å². The molecule has 1 aromatic rings. The second-order valence-electron chi connectivity index (χ2n) is 5.42. The van der Waals surface area contributed by atoms with Gasteiger partial charge < -0.3 is 5.32 Å². The average molecular weight is 238 g/mol. The van der Waals surface area contributed by atoms with E-state index in [-0.39, 0.29) is 5.54 Å². The molecule has 1 aliphatic carbocycles. The molecule has 1 N–H and O–H groups in total. The molecule has 2 heteroatoms. The number of halogens is 1. The molecule has 1 aromatic carbocycles. The van der Waals surface area contributed by atoms with Crippen LogP contribution >= 0.6 is 11.6 Å². The standard InChI is InChI=1S/C14H20ClN/c1-14(2,16-12-7-5-8-12)10-11-6-3-4-9-13(11)15/h3-4,6,9,12,16H,5,7-8,10H2,1-2H3. The summed E-state index contributed by atoms with van der Waals surface area (Å²) < 4.78 is 0. The average Bonchev–Trinajstić information content (AvgIpc) is 2.16. The van der Waals surface area contributed by atoms with Gasteiger partial charge in [-0.3, -0.25) is 0 Å². The van der Waals surface area contributed by atoms with Gasteiger partial charge in [0.25, 0.3) is 0 Å². The smallest absolute Gasteiger partial charge is 0.0438 e. The molecule has 0 aliphatic heterocycles. The second kappa shape index (κ2) is 4.77. The maximum absolute atomic E-state index is 6.19. The summed E-state index contributed by atoms with van der Waals surface area (Å²) in [7, 11) is 0. The summed E-state index contributed by atoms with van der Waals surface area (Å²) in [5.74, 6) is 0. The van der Waals surface area contributed by atoms with Gasteiger partial charge in [0.15, 0.2) is 0 Å². The molecule has 88 valence electrons. The highest BCUT2D eigenvalue weighted by Crippen LogP contribution is 2.25. The first-order valence-corrected chi connectivity index (χ1v) is 6.46. The van der Waals surface area contributed by atoms with Gasteiger partial charge in [0.1, 0.15) is 0 Å². The molecule has 0 bridgehead atoms. The Labute approximate surface area is 103 Å². The zero-order valence-corrected chi connectivity index (χ0v) is 10.8. The molecule has 0 heterocycles. The van der Waals surface area contributed by atoms with Crippen LogP contribution in [0.1, 0.15) is 38.7 Å². The van der Waals surface area contributed by atoms with Crippen LogP contribution in [-0.4, -0.2) is 11.6 Å². The second-order valence-corrected chi connectivity index (χ2v) is 5.83. The van der Waals surface area contributed by atoms with E-state index in [1.165, 1.54) is 24.8 Å². The van der Waals surface area contributed by atoms with Crippen LogP contribution < -0.4 is 5.32 Å². The molecule has 0 spiro atoms. The third-order valence-corrected chi connectivity index (χ3v) is 3.66. The highest BCUT2D eigenvalue weighted by Gasteiger charge is 2.26. The largest absolute Gasteiger partial charge is 0.309 e. The Morgan fingerprint density at radius 1 is 1.31 bits per heavy atom. The van der Waals surface area contributed by atoms with Gasteiger partial charge in [-0.15, -0.1) is 0 Å². The van der Waals surface area contributed by atoms with Gasteiger partial charge in [0, 0.05) is 16.6 Å². The predicted molar refractivity (Wildman–Crippen MR) is 70.0 cm³/mol. The quantitative estimate of drug-likeness (QED) is 0.840. The Kier molecular flexibility index (Phi) is 3.56. The van der Waals surface area contributed by atoms with Gasteiger partial charge in [-0.1, -0.05) is 36.2 Å². The predicted octanol–water partition coefficient (Wildman–Crippen LogP) is 3.80. The molecular weight excluding hydrogens is 218 g/mol. The van der Waals surface area contributed by atoms with E-state index in [0.717, 1.165) is 17.5 Å². The first kappa shape index (κ1) is 11.9. The summed E-state index contributed by atoms with van der Waals surface area (Å²) in [5.41, 5.74) is 1.37. The molecule has 0 saturated heterocycles. The van der Waals surface area contributed by atoms with Gasteiger partial charge in [-0.2, -0.15) is 0 Å². The van der Waals surface area contributed by atoms with Gasteiger partial charge in [0.05, 0.1) is 0 Å². The van der Waals surface area contributed by atoms with Crippen molar-refractivity contribution in [3.63, 3.8) is 0 Å². The van der Waals surface area contributed by atoms with Crippen molar-refractivity contribution in [2.45, 2.75) is 51.1 Å². The molecule has 0 aromatic heterocycles. The van der Waals surface area contributed by atoms with Crippen molar-refractivity contribution in [2.75, 3.05) is 0 Å². The van der Waals surface area contributed by atoms with E-state index in [4.69, 9.17) is 11.6 Å². The fourth-order valence-electron chi connectivity index (χ4n) is 2.27. The van der Waals surface area contributed by atoms with Crippen LogP contribution in [0, 0.1) is 0 Å². The number of rotatable bonds is 4. The minimum Gasteiger partial charge on any atom is -0.309 e. The molecule has 1 aliphatic rings. The van der Waals surface area contributed by atoms with Crippen LogP contribution in [0.3, 0.4) is 0 Å². The molecule has 16 heavy (non-hydrogen) atoms. The number of benzene rings is 1. The number of hydrogen-bond donors (Lipinski definition) is 1. The van der Waals surface area contributed by atoms with Gasteiger partial charge >= 0.3 is 0 Å². The van der Waals surface area contributed by atoms with Crippen LogP contribution in [0.25, 0.3) is 0 Å². The van der Waals surface area contributed by atoms with Crippen molar-refractivity contribution in [3.05, 3.63) is 34.9 Å². The van der Waals surface area contributed by atoms with Gasteiger partial charge in [-0.25, -0.2) is 0 Å². The fourth-order valence-corrected chi connectivity index (χ4v) is 2.48. The molecule has 0 unspecified atom stereocenters. The Balaban J connectivity index is 1.99. The van der Waals surface area contributed by atoms with Crippen LogP contribution in [0.4, 0.5) is 0 Å². The molecular formula is C14H20ClN. The number of hydrogen-bond acceptors (Lipinski definition) is 1. The normalized spacial score (nSPS) is 17.2. The van der Waals surface area contributed by atoms with E-state index >= 15 is 0 Å². The van der Waals surface area contributed by atoms with E-state index in [9.17, 15) is 0 Å². The Morgan fingerprint density at radius 3 is 2.56 bits per heavy atom. The molecule has 1 saturated carbocycles. The lowest BCUT2D eigenvalue weighted by atomic mass is 9.87. The summed E-state index contributed by atoms with van der Waals surface area (Å²) >= 11 is 6.19. The van der Waals surface area contributed by atoms with Gasteiger partial charge in [0.2, 0.25) is 0 Å². The summed E-state index contributed by atoms with van der Waals surface area (Å²) in [5, 5.41) is 4.59. The summed E-state index contributed by atoms with van der Waals surface area (Å²) in [6.07, 6.45) is 5.01. The number of nitrogens with one attached hydrogen (secondary N) is 1. The van der Waals surface area contributed by atoms with E-state index in [2.05, 4.69) is 31.3 Å². The summed E-state index contributed by atoms with van der Waals surface area (Å²) in [6, 6.07) is 8.85. The van der Waals surface area contributed by atoms with Crippen molar-refractivity contribution in [1.82, 2.24) is 5.32 Å². The van der Waals surface area contributed by atoms with E-state index < -0.39 is 0 Å². The highest BCUT2D eigenvalue weighted by molar-refractivity contribution is 6.31. The van der Waals surface area contributed by atoms with Crippen LogP contribution in [-0.2, 0) is 6.42 Å². The maximum atomic E-state index is 6.19. The molecule has 1 nitrogen and oxygen atoms in total. The molecule has 1 fully saturated rings. The summed E-state index contributed by atoms with van der Waals surface area (Å²) in [4.78, 5) is 0. The highest BCUT2D eigenvalue weighted by atomic mass is 35.5. The zero-order valence-electron chi connectivity index (χ0n) is 10.1. The van der Waals surface area contributed by atoms with Crippen molar-refractivity contribution >= 4 is 11.6 Å². The van der Waals surface area contributed by atoms with Crippen molar-refractivity contribution < 1.29 is 0 Å². The molecule has 2 rings (SSSR count). The maximum Gasteiger partial charge on any atom is 0.0438 e. The fraction of sp³-hybridized carbons (Fsp3) is 0.571. The van der Waals surface area contributed by atoms with Crippen molar-refractivity contribution in [3.8, 4) is 0 Å². The minimum absolute atomic E-state index is 0.135. The first-order chi connectivity index (χ1) is 7.57. The van der Waals surface area contributed by atoms with E-state index in [1.807, 2.05) is 12.1 Å². The van der Waals surface area contributed by atoms with Crippen LogP contribution in [0.5, 0.6) is 0 Å². The van der Waals surface area contributed by atoms with Crippen LogP contribution in [0.2, 0.25) is 5.02 Å². The lowest BCUT2D eigenvalue weighted by Crippen LogP contribution is -2.50. The summed E-state index contributed by atoms with van der Waals surface area (Å²) in [6.45, 7) is 4.52. The first-order valence-electron chi connectivity index (χ1n) is 6.08. The SMILES string of the molecule is CC(C)(Cc1ccccc1Cl)NC1CCC1. The minimum atomic E-state index is 0.135. The monoisotopic (exact) mass is 237 g/mol. The molecule has 0 amide bonds. The Morgan fingerprint density at radius 2 is 2.00 bits per heavy atom. The zero-order chi connectivity index (χ0) is 11.6. The Bertz CT molecular complexity index is 356.